The van der Waals surface area contributed by atoms with Crippen LogP contribution in [0.3, 0.4) is 0 Å². The van der Waals surface area contributed by atoms with Crippen molar-refractivity contribution in [3.63, 3.8) is 0 Å². The third-order valence-electron chi connectivity index (χ3n) is 8.92. The summed E-state index contributed by atoms with van der Waals surface area (Å²) in [6.07, 6.45) is 0.213. The minimum absolute atomic E-state index is 0.213. The molecule has 48 heavy (non-hydrogen) atoms. The zero-order chi connectivity index (χ0) is 32.5. The molecule has 0 amide bonds. The third kappa shape index (κ3) is 5.60. The Morgan fingerprint density at radius 3 is 1.54 bits per heavy atom. The van der Waals surface area contributed by atoms with E-state index < -0.39 is 0 Å². The van der Waals surface area contributed by atoms with Gasteiger partial charge in [0.1, 0.15) is 6.17 Å². The van der Waals surface area contributed by atoms with Gasteiger partial charge in [-0.05, 0) is 52.4 Å². The number of rotatable bonds is 7. The van der Waals surface area contributed by atoms with Crippen LogP contribution in [-0.4, -0.2) is 21.1 Å². The minimum Gasteiger partial charge on any atom is -0.363 e. The number of nitrogens with one attached hydrogen (secondary N) is 1. The maximum absolute atomic E-state index is 4.99. The van der Waals surface area contributed by atoms with Gasteiger partial charge in [0.2, 0.25) is 0 Å². The van der Waals surface area contributed by atoms with Gasteiger partial charge < -0.3 is 10.2 Å². The number of benzene rings is 6. The van der Waals surface area contributed by atoms with E-state index in [1.807, 2.05) is 66.7 Å². The number of hydrogen-bond acceptors (Lipinski definition) is 5. The van der Waals surface area contributed by atoms with Crippen LogP contribution in [0.15, 0.2) is 158 Å². The van der Waals surface area contributed by atoms with Crippen molar-refractivity contribution < 1.29 is 0 Å². The van der Waals surface area contributed by atoms with E-state index in [1.165, 1.54) is 28.2 Å². The second-order valence-electron chi connectivity index (χ2n) is 12.4. The first-order chi connectivity index (χ1) is 23.6. The molecule has 1 aromatic heterocycles. The van der Waals surface area contributed by atoms with Crippen LogP contribution < -0.4 is 10.2 Å². The molecule has 5 heteroatoms. The molecular formula is C43H35N5. The summed E-state index contributed by atoms with van der Waals surface area (Å²) >= 11 is 0. The fraction of sp³-hybridized carbons (Fsp3) is 0.0930. The Morgan fingerprint density at radius 1 is 0.458 bits per heavy atom. The topological polar surface area (TPSA) is 53.9 Å². The molecule has 1 N–H and O–H groups in total. The molecule has 0 saturated carbocycles. The van der Waals surface area contributed by atoms with Crippen molar-refractivity contribution in [3.8, 4) is 56.4 Å². The molecule has 0 fully saturated rings. The van der Waals surface area contributed by atoms with Gasteiger partial charge in [-0.3, -0.25) is 0 Å². The SMILES string of the molecule is CC(C)C1Nc2ccccc2N1c1ccc(-c2ccc(-c3ccccc3-c3nc(-c4ccccc4)nc(-c4ccccc4)n3)cc2)cc1. The van der Waals surface area contributed by atoms with E-state index in [-0.39, 0.29) is 6.17 Å². The molecule has 7 aromatic rings. The zero-order valence-electron chi connectivity index (χ0n) is 27.0. The number of aromatic nitrogens is 3. The Bertz CT molecular complexity index is 2120. The summed E-state index contributed by atoms with van der Waals surface area (Å²) in [6.45, 7) is 4.52. The molecular weight excluding hydrogens is 587 g/mol. The van der Waals surface area contributed by atoms with Gasteiger partial charge in [-0.1, -0.05) is 147 Å². The smallest absolute Gasteiger partial charge is 0.164 e. The average Bonchev–Trinajstić information content (AvgIpc) is 3.56. The lowest BCUT2D eigenvalue weighted by molar-refractivity contribution is 0.543. The van der Waals surface area contributed by atoms with Crippen molar-refractivity contribution in [2.75, 3.05) is 10.2 Å². The second kappa shape index (κ2) is 12.6. The lowest BCUT2D eigenvalue weighted by Crippen LogP contribution is -2.36. The van der Waals surface area contributed by atoms with Gasteiger partial charge in [-0.25, -0.2) is 15.0 Å². The van der Waals surface area contributed by atoms with Gasteiger partial charge in [0, 0.05) is 22.4 Å². The monoisotopic (exact) mass is 621 g/mol. The van der Waals surface area contributed by atoms with Crippen LogP contribution in [0.2, 0.25) is 0 Å². The molecule has 1 aliphatic rings. The molecule has 0 saturated heterocycles. The molecule has 1 atom stereocenters. The number of hydrogen-bond donors (Lipinski definition) is 1. The predicted octanol–water partition coefficient (Wildman–Crippen LogP) is 10.8. The van der Waals surface area contributed by atoms with Crippen molar-refractivity contribution in [1.82, 2.24) is 15.0 Å². The van der Waals surface area contributed by atoms with Crippen LogP contribution in [0.25, 0.3) is 56.4 Å². The fourth-order valence-corrected chi connectivity index (χ4v) is 6.46. The maximum Gasteiger partial charge on any atom is 0.164 e. The summed E-state index contributed by atoms with van der Waals surface area (Å²) in [6, 6.07) is 54.7. The first-order valence-corrected chi connectivity index (χ1v) is 16.4. The Hall–Kier alpha value is -6.07. The molecule has 5 nitrogen and oxygen atoms in total. The molecule has 2 heterocycles. The number of fused-ring (bicyclic) bond motifs is 1. The Labute approximate surface area is 281 Å². The van der Waals surface area contributed by atoms with E-state index in [2.05, 4.69) is 115 Å². The minimum atomic E-state index is 0.213. The Kier molecular flexibility index (Phi) is 7.71. The highest BCUT2D eigenvalue weighted by atomic mass is 15.3. The third-order valence-corrected chi connectivity index (χ3v) is 8.92. The molecule has 1 aliphatic heterocycles. The maximum atomic E-state index is 4.99. The highest BCUT2D eigenvalue weighted by molar-refractivity contribution is 5.85. The van der Waals surface area contributed by atoms with Gasteiger partial charge >= 0.3 is 0 Å². The van der Waals surface area contributed by atoms with Crippen LogP contribution in [0.4, 0.5) is 17.1 Å². The van der Waals surface area contributed by atoms with Gasteiger partial charge in [0.05, 0.1) is 11.4 Å². The van der Waals surface area contributed by atoms with Crippen LogP contribution >= 0.6 is 0 Å². The fourth-order valence-electron chi connectivity index (χ4n) is 6.46. The van der Waals surface area contributed by atoms with Gasteiger partial charge in [-0.15, -0.1) is 0 Å². The van der Waals surface area contributed by atoms with Crippen LogP contribution in [0.1, 0.15) is 13.8 Å². The summed E-state index contributed by atoms with van der Waals surface area (Å²) in [4.78, 5) is 17.3. The normalized spacial score (nSPS) is 13.7. The molecule has 0 spiro atoms. The summed E-state index contributed by atoms with van der Waals surface area (Å²) in [5.74, 6) is 2.40. The molecule has 6 aromatic carbocycles. The van der Waals surface area contributed by atoms with Gasteiger partial charge in [-0.2, -0.15) is 0 Å². The number of para-hydroxylation sites is 2. The lowest BCUT2D eigenvalue weighted by Gasteiger charge is -2.30. The molecule has 232 valence electrons. The Balaban J connectivity index is 1.12. The van der Waals surface area contributed by atoms with E-state index in [0.29, 0.717) is 23.4 Å². The predicted molar refractivity (Wildman–Crippen MR) is 198 cm³/mol. The standard InChI is InChI=1S/C43H35N5/c1-29(2)43-44-38-19-11-12-20-39(38)48(43)35-27-25-31(26-28-35)30-21-23-32(24-22-30)36-17-9-10-18-37(36)42-46-40(33-13-5-3-6-14-33)45-41(47-42)34-15-7-4-8-16-34/h3-29,43-44H,1-2H3. The number of nitrogens with zero attached hydrogens (tertiary/aromatic N) is 4. The summed E-state index contributed by atoms with van der Waals surface area (Å²) in [5.41, 5.74) is 11.0. The van der Waals surface area contributed by atoms with E-state index >= 15 is 0 Å². The van der Waals surface area contributed by atoms with Crippen LogP contribution in [0, 0.1) is 5.92 Å². The average molecular weight is 622 g/mol. The molecule has 0 radical (unpaired) electrons. The Morgan fingerprint density at radius 2 is 0.938 bits per heavy atom. The number of anilines is 3. The lowest BCUT2D eigenvalue weighted by atomic mass is 9.96. The summed E-state index contributed by atoms with van der Waals surface area (Å²) < 4.78 is 0. The highest BCUT2D eigenvalue weighted by Gasteiger charge is 2.31. The van der Waals surface area contributed by atoms with E-state index in [0.717, 1.165) is 27.8 Å². The van der Waals surface area contributed by atoms with Crippen molar-refractivity contribution >= 4 is 17.1 Å². The highest BCUT2D eigenvalue weighted by Crippen LogP contribution is 2.42. The van der Waals surface area contributed by atoms with E-state index in [1.54, 1.807) is 0 Å². The molecule has 0 bridgehead atoms. The van der Waals surface area contributed by atoms with Crippen molar-refractivity contribution in [2.24, 2.45) is 5.92 Å². The van der Waals surface area contributed by atoms with E-state index in [4.69, 9.17) is 15.0 Å². The second-order valence-corrected chi connectivity index (χ2v) is 12.4. The van der Waals surface area contributed by atoms with E-state index in [9.17, 15) is 0 Å². The summed E-state index contributed by atoms with van der Waals surface area (Å²) in [5, 5.41) is 3.70. The van der Waals surface area contributed by atoms with Crippen molar-refractivity contribution in [2.45, 2.75) is 20.0 Å². The van der Waals surface area contributed by atoms with Crippen LogP contribution in [-0.2, 0) is 0 Å². The van der Waals surface area contributed by atoms with Crippen LogP contribution in [0.5, 0.6) is 0 Å². The van der Waals surface area contributed by atoms with Crippen molar-refractivity contribution in [3.05, 3.63) is 158 Å². The molecule has 0 aliphatic carbocycles. The molecule has 1 unspecified atom stereocenters. The molecule has 8 rings (SSSR count). The largest absolute Gasteiger partial charge is 0.363 e. The van der Waals surface area contributed by atoms with Gasteiger partial charge in [0.15, 0.2) is 17.5 Å². The zero-order valence-corrected chi connectivity index (χ0v) is 27.0. The first-order valence-electron chi connectivity index (χ1n) is 16.4. The first kappa shape index (κ1) is 29.3. The van der Waals surface area contributed by atoms with Crippen molar-refractivity contribution in [1.29, 1.82) is 0 Å². The quantitative estimate of drug-likeness (QED) is 0.192. The van der Waals surface area contributed by atoms with Gasteiger partial charge in [0.25, 0.3) is 0 Å². The summed E-state index contributed by atoms with van der Waals surface area (Å²) in [7, 11) is 0.